The molecule has 0 aliphatic heterocycles. The van der Waals surface area contributed by atoms with Crippen LogP contribution >= 0.6 is 0 Å². The number of nitrogens with one attached hydrogen (secondary N) is 1. The Labute approximate surface area is 119 Å². The van der Waals surface area contributed by atoms with Crippen molar-refractivity contribution in [1.29, 1.82) is 0 Å². The Kier molecular flexibility index (Phi) is 4.74. The van der Waals surface area contributed by atoms with Gasteiger partial charge >= 0.3 is 0 Å². The number of phenols is 1. The molecule has 106 valence electrons. The first-order chi connectivity index (χ1) is 9.60. The highest BCUT2D eigenvalue weighted by atomic mass is 19.1. The first kappa shape index (κ1) is 14.5. The molecule has 3 heteroatoms. The largest absolute Gasteiger partial charge is 0.508 e. The van der Waals surface area contributed by atoms with Crippen LogP contribution in [0.5, 0.6) is 5.75 Å². The summed E-state index contributed by atoms with van der Waals surface area (Å²) in [5, 5.41) is 12.8. The molecule has 2 aromatic carbocycles. The number of halogens is 1. The van der Waals surface area contributed by atoms with Gasteiger partial charge in [0.05, 0.1) is 0 Å². The van der Waals surface area contributed by atoms with Crippen molar-refractivity contribution in [2.24, 2.45) is 0 Å². The van der Waals surface area contributed by atoms with Crippen molar-refractivity contribution in [3.63, 3.8) is 0 Å². The van der Waals surface area contributed by atoms with Crippen LogP contribution in [0.1, 0.15) is 43.5 Å². The molecule has 1 unspecified atom stereocenters. The molecule has 0 saturated carbocycles. The third-order valence-corrected chi connectivity index (χ3v) is 3.50. The van der Waals surface area contributed by atoms with Crippen LogP contribution in [0.2, 0.25) is 0 Å². The Morgan fingerprint density at radius 1 is 1.10 bits per heavy atom. The second-order valence-electron chi connectivity index (χ2n) is 5.00. The average molecular weight is 273 g/mol. The molecule has 0 aliphatic rings. The molecule has 0 bridgehead atoms. The van der Waals surface area contributed by atoms with Crippen molar-refractivity contribution < 1.29 is 9.50 Å². The van der Waals surface area contributed by atoms with Crippen molar-refractivity contribution in [3.05, 3.63) is 65.5 Å². The van der Waals surface area contributed by atoms with Gasteiger partial charge in [0, 0.05) is 12.1 Å². The first-order valence-electron chi connectivity index (χ1n) is 6.90. The van der Waals surface area contributed by atoms with E-state index in [1.807, 2.05) is 25.1 Å². The van der Waals surface area contributed by atoms with Gasteiger partial charge in [0.15, 0.2) is 0 Å². The van der Waals surface area contributed by atoms with E-state index in [9.17, 15) is 9.50 Å². The third-order valence-electron chi connectivity index (χ3n) is 3.50. The number of rotatable bonds is 5. The average Bonchev–Trinajstić information content (AvgIpc) is 2.45. The Hall–Kier alpha value is -1.87. The summed E-state index contributed by atoms with van der Waals surface area (Å²) < 4.78 is 13.3. The van der Waals surface area contributed by atoms with E-state index in [2.05, 4.69) is 12.2 Å². The lowest BCUT2D eigenvalue weighted by molar-refractivity contribution is 0.451. The van der Waals surface area contributed by atoms with Crippen LogP contribution in [0.4, 0.5) is 4.39 Å². The lowest BCUT2D eigenvalue weighted by Gasteiger charge is -2.23. The molecule has 2 nitrogen and oxygen atoms in total. The maximum absolute atomic E-state index is 13.3. The summed E-state index contributed by atoms with van der Waals surface area (Å²) in [6.07, 6.45) is 0.921. The molecule has 0 saturated heterocycles. The van der Waals surface area contributed by atoms with Gasteiger partial charge < -0.3 is 10.4 Å². The van der Waals surface area contributed by atoms with Gasteiger partial charge in [0.25, 0.3) is 0 Å². The van der Waals surface area contributed by atoms with E-state index in [1.165, 1.54) is 6.07 Å². The topological polar surface area (TPSA) is 32.3 Å². The van der Waals surface area contributed by atoms with E-state index in [0.717, 1.165) is 17.5 Å². The highest BCUT2D eigenvalue weighted by Crippen LogP contribution is 2.24. The molecule has 0 aromatic heterocycles. The predicted octanol–water partition coefficient (Wildman–Crippen LogP) is 4.33. The molecular formula is C17H20FNO. The molecule has 2 aromatic rings. The molecule has 0 fully saturated rings. The number of benzene rings is 2. The Morgan fingerprint density at radius 2 is 1.80 bits per heavy atom. The maximum Gasteiger partial charge on any atom is 0.123 e. The fraction of sp³-hybridized carbons (Fsp3) is 0.294. The zero-order chi connectivity index (χ0) is 14.5. The summed E-state index contributed by atoms with van der Waals surface area (Å²) in [5.74, 6) is 0.0515. The minimum atomic E-state index is -0.214. The zero-order valence-electron chi connectivity index (χ0n) is 11.8. The summed E-state index contributed by atoms with van der Waals surface area (Å²) >= 11 is 0. The monoisotopic (exact) mass is 273 g/mol. The fourth-order valence-corrected chi connectivity index (χ4v) is 2.33. The van der Waals surface area contributed by atoms with Gasteiger partial charge in [-0.15, -0.1) is 0 Å². The van der Waals surface area contributed by atoms with Crippen LogP contribution in [0.25, 0.3) is 0 Å². The standard InChI is InChI=1S/C17H20FNO/c1-3-17(13-7-9-16(20)10-8-13)19-12(2)14-5-4-6-15(18)11-14/h4-12,17,19-20H,3H2,1-2H3/t12-,17?/m1/s1. The molecule has 2 atom stereocenters. The quantitative estimate of drug-likeness (QED) is 0.849. The summed E-state index contributed by atoms with van der Waals surface area (Å²) in [6, 6.07) is 14.1. The molecule has 0 spiro atoms. The van der Waals surface area contributed by atoms with Crippen LogP contribution in [0, 0.1) is 5.82 Å². The molecule has 0 aliphatic carbocycles. The normalized spacial score (nSPS) is 13.9. The molecule has 0 radical (unpaired) electrons. The maximum atomic E-state index is 13.3. The van der Waals surface area contributed by atoms with E-state index < -0.39 is 0 Å². The van der Waals surface area contributed by atoms with Gasteiger partial charge in [-0.05, 0) is 48.7 Å². The van der Waals surface area contributed by atoms with E-state index in [4.69, 9.17) is 0 Å². The van der Waals surface area contributed by atoms with Crippen LogP contribution in [-0.4, -0.2) is 5.11 Å². The number of aromatic hydroxyl groups is 1. The number of hydrogen-bond acceptors (Lipinski definition) is 2. The summed E-state index contributed by atoms with van der Waals surface area (Å²) in [7, 11) is 0. The van der Waals surface area contributed by atoms with Gasteiger partial charge in [-0.2, -0.15) is 0 Å². The predicted molar refractivity (Wildman–Crippen MR) is 79.1 cm³/mol. The lowest BCUT2D eigenvalue weighted by atomic mass is 10.0. The fourth-order valence-electron chi connectivity index (χ4n) is 2.33. The molecule has 0 amide bonds. The van der Waals surface area contributed by atoms with Crippen molar-refractivity contribution in [1.82, 2.24) is 5.32 Å². The minimum absolute atomic E-state index is 0.0597. The van der Waals surface area contributed by atoms with Crippen molar-refractivity contribution in [2.45, 2.75) is 32.4 Å². The highest BCUT2D eigenvalue weighted by molar-refractivity contribution is 5.28. The van der Waals surface area contributed by atoms with Gasteiger partial charge in [0.1, 0.15) is 11.6 Å². The Morgan fingerprint density at radius 3 is 2.40 bits per heavy atom. The molecule has 20 heavy (non-hydrogen) atoms. The minimum Gasteiger partial charge on any atom is -0.508 e. The third kappa shape index (κ3) is 3.58. The molecule has 2 rings (SSSR count). The zero-order valence-corrected chi connectivity index (χ0v) is 11.8. The molecule has 2 N–H and O–H groups in total. The van der Waals surface area contributed by atoms with E-state index in [1.54, 1.807) is 24.3 Å². The molecule has 0 heterocycles. The Bertz CT molecular complexity index is 553. The second kappa shape index (κ2) is 6.53. The molecular weight excluding hydrogens is 253 g/mol. The SMILES string of the molecule is CCC(N[C@H](C)c1cccc(F)c1)c1ccc(O)cc1. The van der Waals surface area contributed by atoms with E-state index in [0.29, 0.717) is 0 Å². The summed E-state index contributed by atoms with van der Waals surface area (Å²) in [4.78, 5) is 0. The van der Waals surface area contributed by atoms with Gasteiger partial charge in [-0.25, -0.2) is 4.39 Å². The van der Waals surface area contributed by atoms with E-state index in [-0.39, 0.29) is 23.7 Å². The Balaban J connectivity index is 2.11. The van der Waals surface area contributed by atoms with Gasteiger partial charge in [-0.3, -0.25) is 0 Å². The van der Waals surface area contributed by atoms with Crippen LogP contribution < -0.4 is 5.32 Å². The van der Waals surface area contributed by atoms with Gasteiger partial charge in [0.2, 0.25) is 0 Å². The van der Waals surface area contributed by atoms with Crippen molar-refractivity contribution in [3.8, 4) is 5.75 Å². The summed E-state index contributed by atoms with van der Waals surface area (Å²) in [5.41, 5.74) is 2.05. The number of hydrogen-bond donors (Lipinski definition) is 2. The second-order valence-corrected chi connectivity index (χ2v) is 5.00. The van der Waals surface area contributed by atoms with Crippen molar-refractivity contribution in [2.75, 3.05) is 0 Å². The smallest absolute Gasteiger partial charge is 0.123 e. The van der Waals surface area contributed by atoms with Crippen LogP contribution in [0.15, 0.2) is 48.5 Å². The first-order valence-corrected chi connectivity index (χ1v) is 6.90. The van der Waals surface area contributed by atoms with Crippen molar-refractivity contribution >= 4 is 0 Å². The number of phenolic OH excluding ortho intramolecular Hbond substituents is 1. The van der Waals surface area contributed by atoms with E-state index >= 15 is 0 Å². The lowest BCUT2D eigenvalue weighted by Crippen LogP contribution is -2.24. The highest BCUT2D eigenvalue weighted by Gasteiger charge is 2.14. The van der Waals surface area contributed by atoms with Crippen LogP contribution in [-0.2, 0) is 0 Å². The van der Waals surface area contributed by atoms with Gasteiger partial charge in [-0.1, -0.05) is 31.2 Å². The van der Waals surface area contributed by atoms with Crippen LogP contribution in [0.3, 0.4) is 0 Å². The summed E-state index contributed by atoms with van der Waals surface area (Å²) in [6.45, 7) is 4.13.